The summed E-state index contributed by atoms with van der Waals surface area (Å²) in [6.45, 7) is 2.61. The van der Waals surface area contributed by atoms with Gasteiger partial charge in [-0.15, -0.1) is 0 Å². The molecule has 0 aromatic heterocycles. The third-order valence-corrected chi connectivity index (χ3v) is 3.64. The van der Waals surface area contributed by atoms with Crippen LogP contribution in [0.4, 0.5) is 0 Å². The van der Waals surface area contributed by atoms with E-state index in [1.807, 2.05) is 29.2 Å². The van der Waals surface area contributed by atoms with E-state index in [-0.39, 0.29) is 0 Å². The van der Waals surface area contributed by atoms with Crippen molar-refractivity contribution in [2.24, 2.45) is 0 Å². The predicted molar refractivity (Wildman–Crippen MR) is 71.7 cm³/mol. The number of carbonyl (C=O) groups is 1. The molecule has 0 saturated carbocycles. The maximum absolute atomic E-state index is 11.4. The van der Waals surface area contributed by atoms with Gasteiger partial charge in [-0.3, -0.25) is 9.69 Å². The Balaban J connectivity index is 2.05. The molecule has 1 atom stereocenters. The number of hydrogen-bond acceptors (Lipinski definition) is 3. The fraction of sp³-hybridized carbons (Fsp3) is 0.462. The molecular formula is C13H16BrNO3. The first-order valence-corrected chi connectivity index (χ1v) is 6.75. The third-order valence-electron chi connectivity index (χ3n) is 3.11. The fourth-order valence-electron chi connectivity index (χ4n) is 2.11. The van der Waals surface area contributed by atoms with E-state index in [0.29, 0.717) is 32.7 Å². The first kappa shape index (κ1) is 13.5. The van der Waals surface area contributed by atoms with Crippen LogP contribution in [0.5, 0.6) is 0 Å². The van der Waals surface area contributed by atoms with Crippen molar-refractivity contribution in [2.75, 3.05) is 26.3 Å². The van der Waals surface area contributed by atoms with Crippen LogP contribution in [0, 0.1) is 0 Å². The number of halogens is 1. The lowest BCUT2D eigenvalue weighted by atomic mass is 10.0. The monoisotopic (exact) mass is 313 g/mol. The molecule has 0 bridgehead atoms. The van der Waals surface area contributed by atoms with Crippen LogP contribution in [0.2, 0.25) is 0 Å². The first-order chi connectivity index (χ1) is 8.66. The van der Waals surface area contributed by atoms with Crippen LogP contribution in [0.25, 0.3) is 0 Å². The van der Waals surface area contributed by atoms with Gasteiger partial charge in [-0.05, 0) is 24.1 Å². The van der Waals surface area contributed by atoms with Gasteiger partial charge in [-0.25, -0.2) is 0 Å². The molecule has 1 fully saturated rings. The molecule has 1 aliphatic heterocycles. The molecule has 1 saturated heterocycles. The number of morpholine rings is 1. The summed E-state index contributed by atoms with van der Waals surface area (Å²) in [5.74, 6) is -0.764. The minimum atomic E-state index is -0.764. The second-order valence-corrected chi connectivity index (χ2v) is 5.25. The second kappa shape index (κ2) is 6.31. The summed E-state index contributed by atoms with van der Waals surface area (Å²) in [6.07, 6.45) is 0.530. The standard InChI is InChI=1S/C13H16BrNO3/c14-11-3-1-10(2-4-11)9-12(13(16)17)15-5-7-18-8-6-15/h1-4,12H,5-9H2,(H,16,17)/t12-/m0/s1. The Morgan fingerprint density at radius 3 is 2.50 bits per heavy atom. The number of carboxylic acid groups (broad SMARTS) is 1. The van der Waals surface area contributed by atoms with Crippen molar-refractivity contribution in [1.82, 2.24) is 4.90 Å². The molecule has 18 heavy (non-hydrogen) atoms. The lowest BCUT2D eigenvalue weighted by Gasteiger charge is -2.31. The normalized spacial score (nSPS) is 18.5. The Morgan fingerprint density at radius 2 is 1.94 bits per heavy atom. The molecule has 1 aliphatic rings. The summed E-state index contributed by atoms with van der Waals surface area (Å²) in [5.41, 5.74) is 1.04. The molecule has 1 aromatic rings. The fourth-order valence-corrected chi connectivity index (χ4v) is 2.37. The van der Waals surface area contributed by atoms with E-state index in [1.54, 1.807) is 0 Å². The molecule has 5 heteroatoms. The van der Waals surface area contributed by atoms with E-state index >= 15 is 0 Å². The Bertz CT molecular complexity index is 401. The van der Waals surface area contributed by atoms with Crippen LogP contribution in [-0.2, 0) is 16.0 Å². The zero-order valence-corrected chi connectivity index (χ0v) is 11.6. The van der Waals surface area contributed by atoms with Gasteiger partial charge < -0.3 is 9.84 Å². The zero-order chi connectivity index (χ0) is 13.0. The highest BCUT2D eigenvalue weighted by atomic mass is 79.9. The first-order valence-electron chi connectivity index (χ1n) is 5.96. The smallest absolute Gasteiger partial charge is 0.321 e. The number of carboxylic acids is 1. The van der Waals surface area contributed by atoms with Crippen LogP contribution in [0.15, 0.2) is 28.7 Å². The largest absolute Gasteiger partial charge is 0.480 e. The molecule has 0 unspecified atom stereocenters. The zero-order valence-electron chi connectivity index (χ0n) is 10.0. The minimum absolute atomic E-state index is 0.463. The SMILES string of the molecule is O=C(O)[C@H](Cc1ccc(Br)cc1)N1CCOCC1. The van der Waals surface area contributed by atoms with Gasteiger partial charge in [0.25, 0.3) is 0 Å². The van der Waals surface area contributed by atoms with Gasteiger partial charge in [0.1, 0.15) is 6.04 Å². The van der Waals surface area contributed by atoms with Gasteiger partial charge in [0.2, 0.25) is 0 Å². The number of aliphatic carboxylic acids is 1. The van der Waals surface area contributed by atoms with Crippen molar-refractivity contribution < 1.29 is 14.6 Å². The van der Waals surface area contributed by atoms with Crippen LogP contribution in [0.1, 0.15) is 5.56 Å². The highest BCUT2D eigenvalue weighted by molar-refractivity contribution is 9.10. The Labute approximate surface area is 115 Å². The van der Waals surface area contributed by atoms with E-state index in [4.69, 9.17) is 4.74 Å². The minimum Gasteiger partial charge on any atom is -0.480 e. The summed E-state index contributed by atoms with van der Waals surface area (Å²) in [4.78, 5) is 13.4. The van der Waals surface area contributed by atoms with Crippen LogP contribution < -0.4 is 0 Å². The maximum atomic E-state index is 11.4. The van der Waals surface area contributed by atoms with E-state index in [0.717, 1.165) is 10.0 Å². The predicted octanol–water partition coefficient (Wildman–Crippen LogP) is 1.78. The Hall–Kier alpha value is -0.910. The number of rotatable bonds is 4. The average Bonchev–Trinajstić information content (AvgIpc) is 2.38. The van der Waals surface area contributed by atoms with Gasteiger partial charge in [-0.2, -0.15) is 0 Å². The molecule has 1 heterocycles. The third kappa shape index (κ3) is 3.54. The number of nitrogens with zero attached hydrogens (tertiary/aromatic N) is 1. The van der Waals surface area contributed by atoms with Gasteiger partial charge in [0.05, 0.1) is 13.2 Å². The van der Waals surface area contributed by atoms with E-state index in [2.05, 4.69) is 15.9 Å². The molecule has 0 aliphatic carbocycles. The van der Waals surface area contributed by atoms with E-state index < -0.39 is 12.0 Å². The average molecular weight is 314 g/mol. The quantitative estimate of drug-likeness (QED) is 0.920. The van der Waals surface area contributed by atoms with Crippen molar-refractivity contribution in [3.63, 3.8) is 0 Å². The lowest BCUT2D eigenvalue weighted by Crippen LogP contribution is -2.48. The number of ether oxygens (including phenoxy) is 1. The van der Waals surface area contributed by atoms with Crippen molar-refractivity contribution in [2.45, 2.75) is 12.5 Å². The summed E-state index contributed by atoms with van der Waals surface area (Å²) >= 11 is 3.37. The highest BCUT2D eigenvalue weighted by Crippen LogP contribution is 2.15. The number of benzene rings is 1. The van der Waals surface area contributed by atoms with Crippen molar-refractivity contribution in [3.8, 4) is 0 Å². The summed E-state index contributed by atoms with van der Waals surface area (Å²) in [7, 11) is 0. The van der Waals surface area contributed by atoms with Crippen molar-refractivity contribution in [1.29, 1.82) is 0 Å². The molecule has 98 valence electrons. The van der Waals surface area contributed by atoms with Gasteiger partial charge in [0.15, 0.2) is 0 Å². The highest BCUT2D eigenvalue weighted by Gasteiger charge is 2.27. The summed E-state index contributed by atoms with van der Waals surface area (Å²) < 4.78 is 6.26. The molecule has 2 rings (SSSR count). The van der Waals surface area contributed by atoms with Crippen molar-refractivity contribution in [3.05, 3.63) is 34.3 Å². The molecule has 1 aromatic carbocycles. The van der Waals surface area contributed by atoms with Crippen molar-refractivity contribution >= 4 is 21.9 Å². The lowest BCUT2D eigenvalue weighted by molar-refractivity contribution is -0.145. The summed E-state index contributed by atoms with van der Waals surface area (Å²) in [5, 5.41) is 9.35. The summed E-state index contributed by atoms with van der Waals surface area (Å²) in [6, 6.07) is 7.33. The second-order valence-electron chi connectivity index (χ2n) is 4.33. The molecule has 0 spiro atoms. The van der Waals surface area contributed by atoms with Gasteiger partial charge in [0, 0.05) is 17.6 Å². The molecular weight excluding hydrogens is 298 g/mol. The van der Waals surface area contributed by atoms with Gasteiger partial charge >= 0.3 is 5.97 Å². The van der Waals surface area contributed by atoms with Crippen LogP contribution in [-0.4, -0.2) is 48.3 Å². The topological polar surface area (TPSA) is 49.8 Å². The molecule has 0 amide bonds. The number of hydrogen-bond donors (Lipinski definition) is 1. The Morgan fingerprint density at radius 1 is 1.33 bits per heavy atom. The molecule has 4 nitrogen and oxygen atoms in total. The maximum Gasteiger partial charge on any atom is 0.321 e. The van der Waals surface area contributed by atoms with Crippen LogP contribution >= 0.6 is 15.9 Å². The molecule has 1 N–H and O–H groups in total. The van der Waals surface area contributed by atoms with Gasteiger partial charge in [-0.1, -0.05) is 28.1 Å². The Kier molecular flexibility index (Phi) is 4.74. The van der Waals surface area contributed by atoms with E-state index in [1.165, 1.54) is 0 Å². The van der Waals surface area contributed by atoms with Crippen LogP contribution in [0.3, 0.4) is 0 Å². The molecule has 0 radical (unpaired) electrons. The van der Waals surface area contributed by atoms with E-state index in [9.17, 15) is 9.90 Å².